The third kappa shape index (κ3) is 4.17. The Bertz CT molecular complexity index is 1560. The largest absolute Gasteiger partial charge is 0.435 e. The van der Waals surface area contributed by atoms with Crippen LogP contribution >= 0.6 is 0 Å². The maximum atomic E-state index is 14.5. The van der Waals surface area contributed by atoms with Gasteiger partial charge < -0.3 is 15.5 Å². The molecule has 0 unspecified atom stereocenters. The Morgan fingerprint density at radius 2 is 1.88 bits per heavy atom. The molecule has 5 rings (SSSR count). The van der Waals surface area contributed by atoms with Gasteiger partial charge in [0.15, 0.2) is 5.89 Å². The SMILES string of the molecule is Cc1cnc2c(F)cc(Cc3nc(C)c(C(=O)NCc4ccc5c(N)nccc5c4)o3)cc2c1. The quantitative estimate of drug-likeness (QED) is 0.400. The number of anilines is 1. The van der Waals surface area contributed by atoms with E-state index >= 15 is 0 Å². The number of nitrogen functional groups attached to an aromatic ring is 1. The highest BCUT2D eigenvalue weighted by Crippen LogP contribution is 2.23. The molecular formula is C26H22FN5O2. The highest BCUT2D eigenvalue weighted by atomic mass is 19.1. The van der Waals surface area contributed by atoms with Crippen molar-refractivity contribution < 1.29 is 13.6 Å². The first-order chi connectivity index (χ1) is 16.4. The van der Waals surface area contributed by atoms with E-state index < -0.39 is 5.82 Å². The summed E-state index contributed by atoms with van der Waals surface area (Å²) in [5, 5.41) is 5.39. The number of oxazole rings is 1. The number of aryl methyl sites for hydroxylation is 2. The molecule has 1 amide bonds. The normalized spacial score (nSPS) is 11.3. The molecule has 0 spiro atoms. The van der Waals surface area contributed by atoms with Gasteiger partial charge in [-0.25, -0.2) is 14.4 Å². The second-order valence-corrected chi connectivity index (χ2v) is 8.30. The molecule has 3 N–H and O–H groups in total. The highest BCUT2D eigenvalue weighted by molar-refractivity contribution is 5.93. The topological polar surface area (TPSA) is 107 Å². The van der Waals surface area contributed by atoms with Gasteiger partial charge in [-0.1, -0.05) is 12.1 Å². The van der Waals surface area contributed by atoms with Crippen LogP contribution in [0.15, 0.2) is 59.3 Å². The first-order valence-electron chi connectivity index (χ1n) is 10.8. The Hall–Kier alpha value is -4.33. The Kier molecular flexibility index (Phi) is 5.41. The number of carbonyl (C=O) groups excluding carboxylic acids is 1. The van der Waals surface area contributed by atoms with Crippen molar-refractivity contribution in [1.82, 2.24) is 20.3 Å². The van der Waals surface area contributed by atoms with Crippen molar-refractivity contribution in [3.05, 3.63) is 94.7 Å². The third-order valence-corrected chi connectivity index (χ3v) is 5.65. The van der Waals surface area contributed by atoms with Crippen LogP contribution in [0.5, 0.6) is 0 Å². The lowest BCUT2D eigenvalue weighted by Crippen LogP contribution is -2.23. The van der Waals surface area contributed by atoms with E-state index in [9.17, 15) is 9.18 Å². The van der Waals surface area contributed by atoms with Crippen LogP contribution in [0, 0.1) is 19.7 Å². The van der Waals surface area contributed by atoms with Gasteiger partial charge in [-0.15, -0.1) is 0 Å². The lowest BCUT2D eigenvalue weighted by atomic mass is 10.1. The third-order valence-electron chi connectivity index (χ3n) is 5.65. The number of fused-ring (bicyclic) bond motifs is 2. The molecule has 0 radical (unpaired) electrons. The number of hydrogen-bond acceptors (Lipinski definition) is 6. The minimum absolute atomic E-state index is 0.142. The molecule has 0 aliphatic rings. The van der Waals surface area contributed by atoms with Crippen LogP contribution in [0.2, 0.25) is 0 Å². The highest BCUT2D eigenvalue weighted by Gasteiger charge is 2.18. The van der Waals surface area contributed by atoms with Crippen molar-refractivity contribution in [3.8, 4) is 0 Å². The number of carbonyl (C=O) groups is 1. The van der Waals surface area contributed by atoms with Crippen LogP contribution in [-0.4, -0.2) is 20.9 Å². The van der Waals surface area contributed by atoms with Crippen molar-refractivity contribution in [2.24, 2.45) is 0 Å². The van der Waals surface area contributed by atoms with Crippen LogP contribution < -0.4 is 11.1 Å². The minimum atomic E-state index is -0.401. The number of aromatic nitrogens is 3. The Morgan fingerprint density at radius 3 is 2.74 bits per heavy atom. The molecule has 0 bridgehead atoms. The van der Waals surface area contributed by atoms with Crippen LogP contribution in [0.3, 0.4) is 0 Å². The minimum Gasteiger partial charge on any atom is -0.435 e. The molecule has 5 aromatic rings. The van der Waals surface area contributed by atoms with Crippen molar-refractivity contribution in [2.45, 2.75) is 26.8 Å². The molecule has 0 aliphatic carbocycles. The van der Waals surface area contributed by atoms with Gasteiger partial charge in [-0.05, 0) is 66.3 Å². The van der Waals surface area contributed by atoms with Crippen molar-refractivity contribution in [1.29, 1.82) is 0 Å². The number of benzene rings is 2. The average Bonchev–Trinajstić information content (AvgIpc) is 3.17. The number of pyridine rings is 2. The van der Waals surface area contributed by atoms with Crippen LogP contribution in [0.25, 0.3) is 21.7 Å². The average molecular weight is 455 g/mol. The fourth-order valence-corrected chi connectivity index (χ4v) is 4.01. The van der Waals surface area contributed by atoms with E-state index in [0.717, 1.165) is 21.9 Å². The molecule has 170 valence electrons. The van der Waals surface area contributed by atoms with Gasteiger partial charge in [-0.2, -0.15) is 0 Å². The van der Waals surface area contributed by atoms with E-state index in [0.29, 0.717) is 40.4 Å². The summed E-state index contributed by atoms with van der Waals surface area (Å²) in [5.74, 6) is 0.186. The number of halogens is 1. The van der Waals surface area contributed by atoms with E-state index in [1.807, 2.05) is 43.3 Å². The van der Waals surface area contributed by atoms with Crippen LogP contribution in [-0.2, 0) is 13.0 Å². The van der Waals surface area contributed by atoms with Crippen molar-refractivity contribution in [2.75, 3.05) is 5.73 Å². The van der Waals surface area contributed by atoms with E-state index in [1.54, 1.807) is 19.3 Å². The summed E-state index contributed by atoms with van der Waals surface area (Å²) in [6.07, 6.45) is 3.55. The maximum absolute atomic E-state index is 14.5. The number of amides is 1. The summed E-state index contributed by atoms with van der Waals surface area (Å²) in [4.78, 5) is 25.4. The Balaban J connectivity index is 1.31. The molecule has 0 atom stereocenters. The molecule has 8 heteroatoms. The van der Waals surface area contributed by atoms with Crippen molar-refractivity contribution in [3.63, 3.8) is 0 Å². The number of nitrogens with one attached hydrogen (secondary N) is 1. The molecule has 0 saturated carbocycles. The van der Waals surface area contributed by atoms with Gasteiger partial charge in [0.2, 0.25) is 5.76 Å². The zero-order chi connectivity index (χ0) is 23.8. The smallest absolute Gasteiger partial charge is 0.289 e. The molecule has 3 aromatic heterocycles. The number of hydrogen-bond donors (Lipinski definition) is 2. The number of nitrogens with zero attached hydrogens (tertiary/aromatic N) is 3. The van der Waals surface area contributed by atoms with Gasteiger partial charge in [0, 0.05) is 36.1 Å². The predicted octanol–water partition coefficient (Wildman–Crippen LogP) is 4.63. The second kappa shape index (κ2) is 8.55. The lowest BCUT2D eigenvalue weighted by Gasteiger charge is -2.06. The van der Waals surface area contributed by atoms with E-state index in [1.165, 1.54) is 6.07 Å². The summed E-state index contributed by atoms with van der Waals surface area (Å²) in [7, 11) is 0. The summed E-state index contributed by atoms with van der Waals surface area (Å²) < 4.78 is 20.2. The zero-order valence-electron chi connectivity index (χ0n) is 18.7. The zero-order valence-corrected chi connectivity index (χ0v) is 18.7. The Labute approximate surface area is 194 Å². The molecular weight excluding hydrogens is 433 g/mol. The molecule has 3 heterocycles. The van der Waals surface area contributed by atoms with Gasteiger partial charge in [0.1, 0.15) is 17.2 Å². The summed E-state index contributed by atoms with van der Waals surface area (Å²) in [6, 6.07) is 12.8. The molecule has 0 aliphatic heterocycles. The summed E-state index contributed by atoms with van der Waals surface area (Å²) in [6.45, 7) is 3.93. The van der Waals surface area contributed by atoms with E-state index in [4.69, 9.17) is 10.2 Å². The standard InChI is InChI=1S/C26H22FN5O2/c1-14-7-19-9-17(10-21(27)23(19)30-12-14)11-22-32-15(2)24(34-22)26(33)31-13-16-3-4-20-18(8-16)5-6-29-25(20)28/h3-10,12H,11,13H2,1-2H3,(H2,28,29)(H,31,33). The molecule has 7 nitrogen and oxygen atoms in total. The second-order valence-electron chi connectivity index (χ2n) is 8.30. The summed E-state index contributed by atoms with van der Waals surface area (Å²) in [5.41, 5.74) is 9.25. The van der Waals surface area contributed by atoms with Gasteiger partial charge in [0.25, 0.3) is 5.91 Å². The van der Waals surface area contributed by atoms with Gasteiger partial charge >= 0.3 is 0 Å². The molecule has 0 fully saturated rings. The summed E-state index contributed by atoms with van der Waals surface area (Å²) >= 11 is 0. The van der Waals surface area contributed by atoms with E-state index in [-0.39, 0.29) is 18.1 Å². The first-order valence-corrected chi connectivity index (χ1v) is 10.8. The molecule has 2 aromatic carbocycles. The molecule has 0 saturated heterocycles. The van der Waals surface area contributed by atoms with E-state index in [2.05, 4.69) is 20.3 Å². The Morgan fingerprint density at radius 1 is 1.06 bits per heavy atom. The number of rotatable bonds is 5. The predicted molar refractivity (Wildman–Crippen MR) is 128 cm³/mol. The van der Waals surface area contributed by atoms with Gasteiger partial charge in [-0.3, -0.25) is 9.78 Å². The first kappa shape index (κ1) is 21.5. The monoisotopic (exact) mass is 455 g/mol. The van der Waals surface area contributed by atoms with Crippen LogP contribution in [0.4, 0.5) is 10.2 Å². The fraction of sp³-hybridized carbons (Fsp3) is 0.154. The van der Waals surface area contributed by atoms with Gasteiger partial charge in [0.05, 0.1) is 5.69 Å². The fourth-order valence-electron chi connectivity index (χ4n) is 4.01. The van der Waals surface area contributed by atoms with Crippen molar-refractivity contribution >= 4 is 33.4 Å². The maximum Gasteiger partial charge on any atom is 0.289 e. The molecule has 34 heavy (non-hydrogen) atoms. The van der Waals surface area contributed by atoms with Crippen LogP contribution in [0.1, 0.15) is 38.8 Å². The number of nitrogens with two attached hydrogens (primary N) is 1. The lowest BCUT2D eigenvalue weighted by molar-refractivity contribution is 0.0920.